The lowest BCUT2D eigenvalue weighted by Crippen LogP contribution is -2.40. The minimum atomic E-state index is -3.39. The normalized spacial score (nSPS) is 29.4. The van der Waals surface area contributed by atoms with E-state index in [1.807, 2.05) is 6.07 Å². The fraction of sp³-hybridized carbons (Fsp3) is 0.625. The van der Waals surface area contributed by atoms with Gasteiger partial charge in [-0.25, -0.2) is 8.42 Å². The molecule has 1 saturated carbocycles. The molecule has 0 N–H and O–H groups in total. The van der Waals surface area contributed by atoms with Gasteiger partial charge in [0.05, 0.1) is 17.0 Å². The van der Waals surface area contributed by atoms with Crippen LogP contribution in [-0.2, 0) is 14.8 Å². The number of hydrogen-bond donors (Lipinski definition) is 0. The fourth-order valence-corrected chi connectivity index (χ4v) is 5.19. The molecule has 1 aliphatic carbocycles. The predicted molar refractivity (Wildman–Crippen MR) is 81.4 cm³/mol. The molecule has 1 aliphatic heterocycles. The molecule has 0 amide bonds. The van der Waals surface area contributed by atoms with Crippen molar-refractivity contribution in [2.24, 2.45) is 11.8 Å². The third-order valence-corrected chi connectivity index (χ3v) is 6.34. The molecule has 2 bridgehead atoms. The number of piperidine rings is 1. The summed E-state index contributed by atoms with van der Waals surface area (Å²) in [6.07, 6.45) is 2.07. The Bertz CT molecular complexity index is 585. The summed E-state index contributed by atoms with van der Waals surface area (Å²) in [5.74, 6) is 0.830. The smallest absolute Gasteiger partial charge is 0.243 e. The first-order chi connectivity index (χ1) is 10.00. The highest BCUT2D eigenvalue weighted by Crippen LogP contribution is 2.42. The molecule has 1 saturated heterocycles. The zero-order valence-corrected chi connectivity index (χ0v) is 13.4. The van der Waals surface area contributed by atoms with Gasteiger partial charge in [-0.1, -0.05) is 32.0 Å². The molecule has 0 aromatic heterocycles. The Hall–Kier alpha value is -0.910. The van der Waals surface area contributed by atoms with Gasteiger partial charge < -0.3 is 4.74 Å². The molecule has 3 atom stereocenters. The molecule has 21 heavy (non-hydrogen) atoms. The Morgan fingerprint density at radius 1 is 1.24 bits per heavy atom. The van der Waals surface area contributed by atoms with Crippen molar-refractivity contribution in [2.75, 3.05) is 13.2 Å². The average molecular weight is 309 g/mol. The van der Waals surface area contributed by atoms with Crippen LogP contribution in [0.3, 0.4) is 0 Å². The van der Waals surface area contributed by atoms with Crippen molar-refractivity contribution in [1.82, 2.24) is 4.31 Å². The number of hydrogen-bond acceptors (Lipinski definition) is 3. The van der Waals surface area contributed by atoms with Crippen LogP contribution in [0.4, 0.5) is 0 Å². The highest BCUT2D eigenvalue weighted by molar-refractivity contribution is 7.89. The first-order valence-corrected chi connectivity index (χ1v) is 9.12. The van der Waals surface area contributed by atoms with E-state index in [-0.39, 0.29) is 12.1 Å². The topological polar surface area (TPSA) is 46.6 Å². The van der Waals surface area contributed by atoms with Gasteiger partial charge in [0, 0.05) is 19.1 Å². The second-order valence-electron chi connectivity index (χ2n) is 6.48. The molecule has 1 heterocycles. The number of fused-ring (bicyclic) bond motifs is 2. The van der Waals surface area contributed by atoms with E-state index >= 15 is 0 Å². The van der Waals surface area contributed by atoms with E-state index in [1.165, 1.54) is 0 Å². The van der Waals surface area contributed by atoms with Crippen LogP contribution >= 0.6 is 0 Å². The zero-order chi connectivity index (χ0) is 15.0. The SMILES string of the molecule is CC(C)COC1C2CCC1N(S(=O)(=O)c1ccccc1)C2. The van der Waals surface area contributed by atoms with Crippen molar-refractivity contribution in [3.8, 4) is 0 Å². The van der Waals surface area contributed by atoms with Crippen molar-refractivity contribution >= 4 is 10.0 Å². The molecule has 116 valence electrons. The minimum Gasteiger partial charge on any atom is -0.376 e. The van der Waals surface area contributed by atoms with E-state index in [9.17, 15) is 8.42 Å². The Balaban J connectivity index is 1.79. The maximum atomic E-state index is 12.8. The molecule has 5 heteroatoms. The van der Waals surface area contributed by atoms with E-state index in [1.54, 1.807) is 28.6 Å². The molecule has 3 rings (SSSR count). The molecule has 4 nitrogen and oxygen atoms in total. The van der Waals surface area contributed by atoms with Crippen LogP contribution in [0.25, 0.3) is 0 Å². The molecule has 2 aliphatic rings. The largest absolute Gasteiger partial charge is 0.376 e. The number of nitrogens with zero attached hydrogens (tertiary/aromatic N) is 1. The van der Waals surface area contributed by atoms with Crippen molar-refractivity contribution in [3.05, 3.63) is 30.3 Å². The van der Waals surface area contributed by atoms with Crippen LogP contribution in [0.2, 0.25) is 0 Å². The van der Waals surface area contributed by atoms with Crippen molar-refractivity contribution in [3.63, 3.8) is 0 Å². The number of ether oxygens (including phenoxy) is 1. The molecule has 1 aromatic carbocycles. The van der Waals surface area contributed by atoms with Gasteiger partial charge in [0.1, 0.15) is 0 Å². The van der Waals surface area contributed by atoms with Gasteiger partial charge in [-0.05, 0) is 30.9 Å². The summed E-state index contributed by atoms with van der Waals surface area (Å²) in [6, 6.07) is 8.74. The number of sulfonamides is 1. The van der Waals surface area contributed by atoms with E-state index < -0.39 is 10.0 Å². The Morgan fingerprint density at radius 3 is 2.62 bits per heavy atom. The van der Waals surface area contributed by atoms with Crippen molar-refractivity contribution in [1.29, 1.82) is 0 Å². The molecular formula is C16H23NO3S. The lowest BCUT2D eigenvalue weighted by molar-refractivity contribution is 0.0182. The van der Waals surface area contributed by atoms with Crippen LogP contribution in [0.5, 0.6) is 0 Å². The van der Waals surface area contributed by atoms with Crippen LogP contribution in [-0.4, -0.2) is 38.0 Å². The maximum Gasteiger partial charge on any atom is 0.243 e. The zero-order valence-electron chi connectivity index (χ0n) is 12.6. The number of benzene rings is 1. The Morgan fingerprint density at radius 2 is 1.95 bits per heavy atom. The molecule has 2 fully saturated rings. The van der Waals surface area contributed by atoms with E-state index in [4.69, 9.17) is 4.74 Å². The molecule has 3 unspecified atom stereocenters. The predicted octanol–water partition coefficient (Wildman–Crippen LogP) is 2.51. The van der Waals surface area contributed by atoms with Gasteiger partial charge in [-0.15, -0.1) is 0 Å². The summed E-state index contributed by atoms with van der Waals surface area (Å²) in [4.78, 5) is 0.389. The standard InChI is InChI=1S/C16H23NO3S/c1-12(2)11-20-16-13-8-9-15(16)17(10-13)21(18,19)14-6-4-3-5-7-14/h3-7,12-13,15-16H,8-11H2,1-2H3. The fourth-order valence-electron chi connectivity index (χ4n) is 3.45. The molecular weight excluding hydrogens is 286 g/mol. The summed E-state index contributed by atoms with van der Waals surface area (Å²) in [6.45, 7) is 5.55. The summed E-state index contributed by atoms with van der Waals surface area (Å²) < 4.78 is 33.2. The molecule has 0 spiro atoms. The monoisotopic (exact) mass is 309 g/mol. The van der Waals surface area contributed by atoms with Crippen LogP contribution in [0.1, 0.15) is 26.7 Å². The van der Waals surface area contributed by atoms with E-state index in [0.717, 1.165) is 12.8 Å². The maximum absolute atomic E-state index is 12.8. The van der Waals surface area contributed by atoms with Crippen LogP contribution in [0.15, 0.2) is 35.2 Å². The van der Waals surface area contributed by atoms with Crippen molar-refractivity contribution in [2.45, 2.75) is 43.7 Å². The van der Waals surface area contributed by atoms with Gasteiger partial charge in [0.2, 0.25) is 10.0 Å². The minimum absolute atomic E-state index is 0.0129. The summed E-state index contributed by atoms with van der Waals surface area (Å²) in [7, 11) is -3.39. The molecule has 0 radical (unpaired) electrons. The van der Waals surface area contributed by atoms with Crippen molar-refractivity contribution < 1.29 is 13.2 Å². The van der Waals surface area contributed by atoms with Gasteiger partial charge in [-0.2, -0.15) is 4.31 Å². The third kappa shape index (κ3) is 2.74. The van der Waals surface area contributed by atoms with Crippen LogP contribution < -0.4 is 0 Å². The Kier molecular flexibility index (Phi) is 4.08. The molecule has 1 aromatic rings. The van der Waals surface area contributed by atoms with Gasteiger partial charge >= 0.3 is 0 Å². The third-order valence-electron chi connectivity index (χ3n) is 4.43. The summed E-state index contributed by atoms with van der Waals surface area (Å²) in [5.41, 5.74) is 0. The quantitative estimate of drug-likeness (QED) is 0.839. The van der Waals surface area contributed by atoms with Gasteiger partial charge in [-0.3, -0.25) is 0 Å². The Labute approximate surface area is 127 Å². The highest BCUT2D eigenvalue weighted by Gasteiger charge is 2.52. The van der Waals surface area contributed by atoms with E-state index in [0.29, 0.717) is 29.9 Å². The van der Waals surface area contributed by atoms with Gasteiger partial charge in [0.25, 0.3) is 0 Å². The second-order valence-corrected chi connectivity index (χ2v) is 8.37. The lowest BCUT2D eigenvalue weighted by Gasteiger charge is -2.26. The average Bonchev–Trinajstić information content (AvgIpc) is 3.03. The van der Waals surface area contributed by atoms with Crippen LogP contribution in [0, 0.1) is 11.8 Å². The van der Waals surface area contributed by atoms with Gasteiger partial charge in [0.15, 0.2) is 0 Å². The summed E-state index contributed by atoms with van der Waals surface area (Å²) >= 11 is 0. The highest BCUT2D eigenvalue weighted by atomic mass is 32.2. The second kappa shape index (κ2) is 5.71. The summed E-state index contributed by atoms with van der Waals surface area (Å²) in [5, 5.41) is 0. The first kappa shape index (κ1) is 15.0. The van der Waals surface area contributed by atoms with E-state index in [2.05, 4.69) is 13.8 Å². The lowest BCUT2D eigenvalue weighted by atomic mass is 10.1. The number of rotatable bonds is 5. The first-order valence-electron chi connectivity index (χ1n) is 7.68.